The van der Waals surface area contributed by atoms with Crippen LogP contribution < -0.4 is 5.32 Å². The Bertz CT molecular complexity index is 647. The fourth-order valence-corrected chi connectivity index (χ4v) is 2.06. The number of aromatic nitrogens is 1. The molecule has 1 aromatic heterocycles. The number of carboxylic acids is 1. The second kappa shape index (κ2) is 5.59. The topological polar surface area (TPSA) is 62.2 Å². The summed E-state index contributed by atoms with van der Waals surface area (Å²) in [5, 5.41) is 12.8. The Morgan fingerprint density at radius 1 is 1.42 bits per heavy atom. The maximum atomic E-state index is 11.1. The number of rotatable bonds is 3. The van der Waals surface area contributed by atoms with Crippen molar-refractivity contribution in [2.75, 3.05) is 5.32 Å². The zero-order valence-electron chi connectivity index (χ0n) is 9.95. The highest BCUT2D eigenvalue weighted by molar-refractivity contribution is 9.10. The van der Waals surface area contributed by atoms with Gasteiger partial charge in [-0.25, -0.2) is 4.79 Å². The number of hydrogen-bond acceptors (Lipinski definition) is 3. The minimum absolute atomic E-state index is 0.122. The molecular weight excluding hydrogens is 332 g/mol. The molecule has 0 amide bonds. The van der Waals surface area contributed by atoms with Crippen LogP contribution in [0, 0.1) is 6.92 Å². The van der Waals surface area contributed by atoms with E-state index in [1.807, 2.05) is 0 Å². The zero-order chi connectivity index (χ0) is 14.0. The van der Waals surface area contributed by atoms with Gasteiger partial charge in [0.25, 0.3) is 0 Å². The number of benzene rings is 1. The fraction of sp³-hybridized carbons (Fsp3) is 0.0769. The first-order chi connectivity index (χ1) is 8.97. The van der Waals surface area contributed by atoms with Crippen molar-refractivity contribution >= 4 is 44.9 Å². The summed E-state index contributed by atoms with van der Waals surface area (Å²) in [6.45, 7) is 1.80. The molecule has 2 aromatic rings. The minimum Gasteiger partial charge on any atom is -0.478 e. The van der Waals surface area contributed by atoms with Gasteiger partial charge in [-0.15, -0.1) is 0 Å². The highest BCUT2D eigenvalue weighted by atomic mass is 79.9. The number of hydrogen-bond donors (Lipinski definition) is 2. The Morgan fingerprint density at radius 2 is 2.16 bits per heavy atom. The summed E-state index contributed by atoms with van der Waals surface area (Å²) in [5.41, 5.74) is 2.09. The monoisotopic (exact) mass is 340 g/mol. The first-order valence-corrected chi connectivity index (χ1v) is 6.56. The Labute approximate surface area is 123 Å². The van der Waals surface area contributed by atoms with Crippen molar-refractivity contribution < 1.29 is 9.90 Å². The van der Waals surface area contributed by atoms with Gasteiger partial charge >= 0.3 is 5.97 Å². The van der Waals surface area contributed by atoms with Crippen molar-refractivity contribution in [1.29, 1.82) is 0 Å². The van der Waals surface area contributed by atoms with Crippen LogP contribution in [0.2, 0.25) is 5.02 Å². The van der Waals surface area contributed by atoms with E-state index in [1.54, 1.807) is 31.2 Å². The number of halogens is 2. The number of pyridine rings is 1. The van der Waals surface area contributed by atoms with Crippen LogP contribution in [0.15, 0.2) is 34.9 Å². The number of nitrogens with zero attached hydrogens (tertiary/aromatic N) is 1. The van der Waals surface area contributed by atoms with Crippen LogP contribution in [0.5, 0.6) is 0 Å². The fourth-order valence-electron chi connectivity index (χ4n) is 1.56. The average Bonchev–Trinajstić information content (AvgIpc) is 2.33. The van der Waals surface area contributed by atoms with E-state index < -0.39 is 5.97 Å². The van der Waals surface area contributed by atoms with Gasteiger partial charge in [0.05, 0.1) is 10.7 Å². The molecule has 2 rings (SSSR count). The summed E-state index contributed by atoms with van der Waals surface area (Å²) in [6.07, 6.45) is 1.34. The van der Waals surface area contributed by atoms with Gasteiger partial charge in [-0.2, -0.15) is 0 Å². The van der Waals surface area contributed by atoms with Crippen LogP contribution in [0.4, 0.5) is 11.4 Å². The van der Waals surface area contributed by atoms with Crippen molar-refractivity contribution in [2.24, 2.45) is 0 Å². The molecule has 0 aliphatic rings. The van der Waals surface area contributed by atoms with E-state index in [0.29, 0.717) is 10.7 Å². The molecule has 0 aliphatic heterocycles. The molecule has 1 heterocycles. The highest BCUT2D eigenvalue weighted by Crippen LogP contribution is 2.28. The largest absolute Gasteiger partial charge is 0.478 e. The number of anilines is 2. The molecule has 0 atom stereocenters. The predicted octanol–water partition coefficient (Wildman–Crippen LogP) is 4.25. The lowest BCUT2D eigenvalue weighted by Gasteiger charge is -2.10. The molecule has 2 N–H and O–H groups in total. The Hall–Kier alpha value is -1.59. The third kappa shape index (κ3) is 3.24. The molecule has 0 radical (unpaired) electrons. The van der Waals surface area contributed by atoms with Gasteiger partial charge in [0, 0.05) is 22.1 Å². The normalized spacial score (nSPS) is 10.3. The molecule has 0 unspecified atom stereocenters. The van der Waals surface area contributed by atoms with Crippen molar-refractivity contribution in [3.05, 3.63) is 51.2 Å². The van der Waals surface area contributed by atoms with Gasteiger partial charge in [-0.3, -0.25) is 4.98 Å². The summed E-state index contributed by atoms with van der Waals surface area (Å²) in [5.74, 6) is -1.02. The van der Waals surface area contributed by atoms with Crippen LogP contribution in [0.25, 0.3) is 0 Å². The summed E-state index contributed by atoms with van der Waals surface area (Å²) in [7, 11) is 0. The third-order valence-electron chi connectivity index (χ3n) is 2.47. The standard InChI is InChI=1S/C13H10BrClN2O2/c1-7-4-12(9(6-16-7)13(18)19)17-8-2-3-11(15)10(14)5-8/h2-6H,1H3,(H,16,17)(H,18,19). The van der Waals surface area contributed by atoms with Crippen molar-refractivity contribution in [1.82, 2.24) is 4.98 Å². The lowest BCUT2D eigenvalue weighted by atomic mass is 10.2. The van der Waals surface area contributed by atoms with E-state index >= 15 is 0 Å². The second-order valence-corrected chi connectivity index (χ2v) is 5.19. The van der Waals surface area contributed by atoms with Gasteiger partial charge in [0.2, 0.25) is 0 Å². The van der Waals surface area contributed by atoms with Crippen molar-refractivity contribution in [3.63, 3.8) is 0 Å². The number of carbonyl (C=O) groups is 1. The number of aromatic carboxylic acids is 1. The van der Waals surface area contributed by atoms with Gasteiger partial charge in [-0.05, 0) is 47.1 Å². The van der Waals surface area contributed by atoms with Crippen molar-refractivity contribution in [3.8, 4) is 0 Å². The lowest BCUT2D eigenvalue weighted by Crippen LogP contribution is -2.04. The Kier molecular flexibility index (Phi) is 4.07. The van der Waals surface area contributed by atoms with Crippen LogP contribution in [0.1, 0.15) is 16.1 Å². The first-order valence-electron chi connectivity index (χ1n) is 5.39. The second-order valence-electron chi connectivity index (χ2n) is 3.93. The van der Waals surface area contributed by atoms with E-state index in [0.717, 1.165) is 15.9 Å². The smallest absolute Gasteiger partial charge is 0.339 e. The lowest BCUT2D eigenvalue weighted by molar-refractivity contribution is 0.0697. The average molecular weight is 342 g/mol. The molecule has 19 heavy (non-hydrogen) atoms. The Balaban J connectivity index is 2.39. The maximum absolute atomic E-state index is 11.1. The molecule has 98 valence electrons. The van der Waals surface area contributed by atoms with Crippen LogP contribution in [-0.4, -0.2) is 16.1 Å². The van der Waals surface area contributed by atoms with E-state index in [9.17, 15) is 4.79 Å². The molecule has 1 aromatic carbocycles. The molecule has 0 saturated carbocycles. The molecule has 0 fully saturated rings. The molecular formula is C13H10BrClN2O2. The zero-order valence-corrected chi connectivity index (χ0v) is 12.3. The summed E-state index contributed by atoms with van der Waals surface area (Å²) >= 11 is 9.23. The number of aryl methyl sites for hydroxylation is 1. The predicted molar refractivity (Wildman–Crippen MR) is 78.4 cm³/mol. The first kappa shape index (κ1) is 13.8. The van der Waals surface area contributed by atoms with Gasteiger partial charge < -0.3 is 10.4 Å². The van der Waals surface area contributed by atoms with Crippen LogP contribution in [-0.2, 0) is 0 Å². The molecule has 0 aliphatic carbocycles. The molecule has 0 spiro atoms. The summed E-state index contributed by atoms with van der Waals surface area (Å²) in [4.78, 5) is 15.1. The minimum atomic E-state index is -1.02. The van der Waals surface area contributed by atoms with Crippen molar-refractivity contribution in [2.45, 2.75) is 6.92 Å². The molecule has 0 bridgehead atoms. The van der Waals surface area contributed by atoms with Crippen LogP contribution >= 0.6 is 27.5 Å². The van der Waals surface area contributed by atoms with Gasteiger partial charge in [0.1, 0.15) is 5.56 Å². The maximum Gasteiger partial charge on any atom is 0.339 e. The summed E-state index contributed by atoms with van der Waals surface area (Å²) < 4.78 is 0.738. The third-order valence-corrected chi connectivity index (χ3v) is 3.68. The molecule has 6 heteroatoms. The van der Waals surface area contributed by atoms with E-state index in [-0.39, 0.29) is 5.56 Å². The van der Waals surface area contributed by atoms with E-state index in [4.69, 9.17) is 16.7 Å². The number of carboxylic acid groups (broad SMARTS) is 1. The molecule has 0 saturated heterocycles. The van der Waals surface area contributed by atoms with Gasteiger partial charge in [0.15, 0.2) is 0 Å². The molecule has 4 nitrogen and oxygen atoms in total. The van der Waals surface area contributed by atoms with E-state index in [2.05, 4.69) is 26.2 Å². The van der Waals surface area contributed by atoms with Crippen LogP contribution in [0.3, 0.4) is 0 Å². The SMILES string of the molecule is Cc1cc(Nc2ccc(Cl)c(Br)c2)c(C(=O)O)cn1. The number of nitrogens with one attached hydrogen (secondary N) is 1. The quantitative estimate of drug-likeness (QED) is 0.876. The van der Waals surface area contributed by atoms with E-state index in [1.165, 1.54) is 6.20 Å². The summed E-state index contributed by atoms with van der Waals surface area (Å²) in [6, 6.07) is 6.96. The van der Waals surface area contributed by atoms with Gasteiger partial charge in [-0.1, -0.05) is 11.6 Å². The highest BCUT2D eigenvalue weighted by Gasteiger charge is 2.11. The Morgan fingerprint density at radius 3 is 2.79 bits per heavy atom.